The fraction of sp³-hybridized carbons (Fsp3) is 0.500. The Kier molecular flexibility index (Phi) is 4.95. The van der Waals surface area contributed by atoms with Crippen molar-refractivity contribution in [2.24, 2.45) is 5.41 Å². The monoisotopic (exact) mass is 343 g/mol. The van der Waals surface area contributed by atoms with Gasteiger partial charge in [-0.25, -0.2) is 0 Å². The van der Waals surface area contributed by atoms with Gasteiger partial charge in [-0.3, -0.25) is 0 Å². The zero-order valence-electron chi connectivity index (χ0n) is 10.0. The highest BCUT2D eigenvalue weighted by Gasteiger charge is 2.30. The molecule has 0 radical (unpaired) electrons. The number of rotatable bonds is 4. The van der Waals surface area contributed by atoms with Crippen molar-refractivity contribution in [2.75, 3.05) is 17.7 Å². The molecule has 0 atom stereocenters. The predicted molar refractivity (Wildman–Crippen MR) is 72.1 cm³/mol. The van der Waals surface area contributed by atoms with E-state index >= 15 is 0 Å². The number of alkyl halides is 4. The highest BCUT2D eigenvalue weighted by Crippen LogP contribution is 2.34. The largest absolute Gasteiger partial charge is 0.416 e. The number of nitrogens with one attached hydrogen (secondary N) is 1. The Morgan fingerprint density at radius 3 is 2.33 bits per heavy atom. The van der Waals surface area contributed by atoms with Crippen molar-refractivity contribution >= 4 is 33.2 Å². The van der Waals surface area contributed by atoms with Crippen LogP contribution in [0.1, 0.15) is 19.4 Å². The van der Waals surface area contributed by atoms with E-state index in [1.165, 1.54) is 6.07 Å². The van der Waals surface area contributed by atoms with E-state index in [9.17, 15) is 13.2 Å². The second-order valence-corrected chi connectivity index (χ2v) is 5.97. The summed E-state index contributed by atoms with van der Waals surface area (Å²) in [6.45, 7) is 4.54. The third kappa shape index (κ3) is 4.35. The number of benzene rings is 1. The Morgan fingerprint density at radius 1 is 1.28 bits per heavy atom. The number of hydrogen-bond donors (Lipinski definition) is 1. The summed E-state index contributed by atoms with van der Waals surface area (Å²) in [5, 5.41) is 3.08. The molecule has 1 N–H and O–H groups in total. The fourth-order valence-corrected chi connectivity index (χ4v) is 1.83. The van der Waals surface area contributed by atoms with Crippen LogP contribution in [-0.4, -0.2) is 12.4 Å². The molecule has 0 aliphatic heterocycles. The second-order valence-electron chi connectivity index (χ2n) is 4.84. The van der Waals surface area contributed by atoms with Crippen molar-refractivity contribution in [3.8, 4) is 0 Å². The van der Waals surface area contributed by atoms with Crippen LogP contribution in [0.2, 0.25) is 0 Å². The molecule has 0 saturated carbocycles. The topological polar surface area (TPSA) is 12.0 Å². The first-order chi connectivity index (χ1) is 8.15. The molecule has 1 nitrogen and oxygen atoms in total. The summed E-state index contributed by atoms with van der Waals surface area (Å²) in [7, 11) is 0. The number of halogens is 5. The Hall–Kier alpha value is -0.420. The zero-order chi connectivity index (χ0) is 14.0. The summed E-state index contributed by atoms with van der Waals surface area (Å²) < 4.78 is 37.8. The molecule has 18 heavy (non-hydrogen) atoms. The van der Waals surface area contributed by atoms with Gasteiger partial charge in [0, 0.05) is 22.6 Å². The van der Waals surface area contributed by atoms with Gasteiger partial charge >= 0.3 is 6.18 Å². The van der Waals surface area contributed by atoms with Gasteiger partial charge in [-0.2, -0.15) is 13.2 Å². The molecule has 102 valence electrons. The van der Waals surface area contributed by atoms with Crippen LogP contribution in [-0.2, 0) is 6.18 Å². The minimum Gasteiger partial charge on any atom is -0.384 e. The van der Waals surface area contributed by atoms with Crippen molar-refractivity contribution in [1.29, 1.82) is 0 Å². The third-order valence-electron chi connectivity index (χ3n) is 2.42. The van der Waals surface area contributed by atoms with E-state index in [1.807, 2.05) is 13.8 Å². The van der Waals surface area contributed by atoms with Crippen molar-refractivity contribution in [3.63, 3.8) is 0 Å². The lowest BCUT2D eigenvalue weighted by Gasteiger charge is -2.23. The van der Waals surface area contributed by atoms with Crippen LogP contribution in [0.25, 0.3) is 0 Å². The van der Waals surface area contributed by atoms with Gasteiger partial charge < -0.3 is 5.32 Å². The molecular formula is C12H14BrClF3N. The molecule has 0 saturated heterocycles. The Labute approximate surface area is 118 Å². The zero-order valence-corrected chi connectivity index (χ0v) is 12.4. The van der Waals surface area contributed by atoms with Crippen molar-refractivity contribution in [3.05, 3.63) is 28.2 Å². The van der Waals surface area contributed by atoms with E-state index in [4.69, 9.17) is 11.6 Å². The van der Waals surface area contributed by atoms with Crippen molar-refractivity contribution in [2.45, 2.75) is 20.0 Å². The molecule has 0 aliphatic rings. The highest BCUT2D eigenvalue weighted by atomic mass is 79.9. The van der Waals surface area contributed by atoms with Crippen LogP contribution in [0, 0.1) is 5.41 Å². The van der Waals surface area contributed by atoms with E-state index in [0.717, 1.165) is 12.1 Å². The highest BCUT2D eigenvalue weighted by molar-refractivity contribution is 9.10. The quantitative estimate of drug-likeness (QED) is 0.745. The van der Waals surface area contributed by atoms with Crippen molar-refractivity contribution < 1.29 is 13.2 Å². The van der Waals surface area contributed by atoms with Crippen LogP contribution in [0.3, 0.4) is 0 Å². The molecule has 0 amide bonds. The molecule has 0 aromatic heterocycles. The van der Waals surface area contributed by atoms with Gasteiger partial charge in [0.25, 0.3) is 0 Å². The number of hydrogen-bond acceptors (Lipinski definition) is 1. The minimum atomic E-state index is -4.32. The first-order valence-corrected chi connectivity index (χ1v) is 6.65. The van der Waals surface area contributed by atoms with Gasteiger partial charge in [-0.1, -0.05) is 13.8 Å². The Morgan fingerprint density at radius 2 is 1.89 bits per heavy atom. The van der Waals surface area contributed by atoms with Gasteiger partial charge in [0.15, 0.2) is 0 Å². The second kappa shape index (κ2) is 5.70. The summed E-state index contributed by atoms with van der Waals surface area (Å²) in [6, 6.07) is 3.54. The molecule has 6 heteroatoms. The van der Waals surface area contributed by atoms with Crippen LogP contribution in [0.5, 0.6) is 0 Å². The molecule has 0 bridgehead atoms. The summed E-state index contributed by atoms with van der Waals surface area (Å²) in [6.07, 6.45) is -4.32. The third-order valence-corrected chi connectivity index (χ3v) is 3.80. The standard InChI is InChI=1S/C12H14BrClF3N/c1-11(2,6-14)7-18-10-4-3-8(5-9(10)13)12(15,16)17/h3-5,18H,6-7H2,1-2H3. The maximum absolute atomic E-state index is 12.5. The molecule has 0 fully saturated rings. The van der Waals surface area contributed by atoms with Gasteiger partial charge in [0.1, 0.15) is 0 Å². The predicted octanol–water partition coefficient (Wildman–Crippen LogP) is 5.14. The molecule has 1 aromatic carbocycles. The van der Waals surface area contributed by atoms with Gasteiger partial charge in [-0.15, -0.1) is 11.6 Å². The lowest BCUT2D eigenvalue weighted by Crippen LogP contribution is -2.24. The SMILES string of the molecule is CC(C)(CCl)CNc1ccc(C(F)(F)F)cc1Br. The average Bonchev–Trinajstić information content (AvgIpc) is 2.26. The van der Waals surface area contributed by atoms with E-state index in [0.29, 0.717) is 22.6 Å². The van der Waals surface area contributed by atoms with Gasteiger partial charge in [0.05, 0.1) is 5.56 Å². The normalized spacial score (nSPS) is 12.6. The van der Waals surface area contributed by atoms with E-state index in [1.54, 1.807) is 0 Å². The molecule has 1 aromatic rings. The Bertz CT molecular complexity index is 418. The first kappa shape index (κ1) is 15.6. The lowest BCUT2D eigenvalue weighted by atomic mass is 9.96. The van der Waals surface area contributed by atoms with Crippen LogP contribution >= 0.6 is 27.5 Å². The molecule has 0 heterocycles. The molecular weight excluding hydrogens is 330 g/mol. The van der Waals surface area contributed by atoms with E-state index < -0.39 is 11.7 Å². The molecule has 0 spiro atoms. The van der Waals surface area contributed by atoms with Crippen molar-refractivity contribution in [1.82, 2.24) is 0 Å². The van der Waals surface area contributed by atoms with Gasteiger partial charge in [0.2, 0.25) is 0 Å². The molecule has 0 unspecified atom stereocenters. The molecule has 1 rings (SSSR count). The number of anilines is 1. The Balaban J connectivity index is 2.81. The summed E-state index contributed by atoms with van der Waals surface area (Å²) in [5.74, 6) is 0.470. The summed E-state index contributed by atoms with van der Waals surface area (Å²) >= 11 is 8.92. The smallest absolute Gasteiger partial charge is 0.384 e. The lowest BCUT2D eigenvalue weighted by molar-refractivity contribution is -0.137. The maximum Gasteiger partial charge on any atom is 0.416 e. The van der Waals surface area contributed by atoms with Crippen LogP contribution in [0.15, 0.2) is 22.7 Å². The molecule has 0 aliphatic carbocycles. The van der Waals surface area contributed by atoms with E-state index in [2.05, 4.69) is 21.2 Å². The van der Waals surface area contributed by atoms with Gasteiger partial charge in [-0.05, 0) is 39.5 Å². The first-order valence-electron chi connectivity index (χ1n) is 5.32. The van der Waals surface area contributed by atoms with E-state index in [-0.39, 0.29) is 5.41 Å². The summed E-state index contributed by atoms with van der Waals surface area (Å²) in [4.78, 5) is 0. The fourth-order valence-electron chi connectivity index (χ4n) is 1.22. The maximum atomic E-state index is 12.5. The minimum absolute atomic E-state index is 0.121. The van der Waals surface area contributed by atoms with Crippen LogP contribution in [0.4, 0.5) is 18.9 Å². The average molecular weight is 345 g/mol. The van der Waals surface area contributed by atoms with Crippen LogP contribution < -0.4 is 5.32 Å². The summed E-state index contributed by atoms with van der Waals surface area (Å²) in [5.41, 5.74) is -0.165.